The lowest BCUT2D eigenvalue weighted by atomic mass is 10.5. The van der Waals surface area contributed by atoms with E-state index in [9.17, 15) is 0 Å². The van der Waals surface area contributed by atoms with Crippen LogP contribution in [0, 0.1) is 0 Å². The third kappa shape index (κ3) is 13.8. The summed E-state index contributed by atoms with van der Waals surface area (Å²) in [6.45, 7) is 5.20. The first kappa shape index (κ1) is 14.8. The van der Waals surface area contributed by atoms with Crippen molar-refractivity contribution in [2.75, 3.05) is 67.7 Å². The van der Waals surface area contributed by atoms with E-state index in [2.05, 4.69) is 9.80 Å². The number of likely N-dealkylation sites (N-methyl/N-ethyl adjacent to an activating group) is 2. The summed E-state index contributed by atoms with van der Waals surface area (Å²) < 4.78 is 10.9. The average Bonchev–Trinajstić information content (AvgIpc) is 2.14. The average molecular weight is 218 g/mol. The molecule has 0 aromatic heterocycles. The van der Waals surface area contributed by atoms with E-state index < -0.39 is 0 Å². The van der Waals surface area contributed by atoms with Crippen molar-refractivity contribution in [1.82, 2.24) is 9.80 Å². The molecule has 0 aromatic carbocycles. The Morgan fingerprint density at radius 2 is 1.07 bits per heavy atom. The highest BCUT2D eigenvalue weighted by atomic mass is 16.5. The van der Waals surface area contributed by atoms with Gasteiger partial charge < -0.3 is 19.3 Å². The van der Waals surface area contributed by atoms with Crippen LogP contribution in [0.2, 0.25) is 0 Å². The molecule has 0 atom stereocenters. The molecule has 0 aliphatic rings. The molecule has 0 unspecified atom stereocenters. The molecule has 0 aromatic rings. The monoisotopic (exact) mass is 218 g/mol. The second kappa shape index (κ2) is 10.4. The number of hydrogen-bond donors (Lipinski definition) is 0. The van der Waals surface area contributed by atoms with Crippen LogP contribution in [0.5, 0.6) is 0 Å². The second-order valence-corrected chi connectivity index (χ2v) is 4.18. The van der Waals surface area contributed by atoms with Crippen molar-refractivity contribution >= 4 is 0 Å². The number of ether oxygens (including phenoxy) is 2. The molecule has 4 nitrogen and oxygen atoms in total. The largest absolute Gasteiger partial charge is 0.380 e. The molecule has 0 rings (SSSR count). The summed E-state index contributed by atoms with van der Waals surface area (Å²) >= 11 is 0. The third-order valence-corrected chi connectivity index (χ3v) is 1.94. The minimum atomic E-state index is 0.801. The smallest absolute Gasteiger partial charge is 0.0593 e. The lowest BCUT2D eigenvalue weighted by Gasteiger charge is -2.11. The Balaban J connectivity index is 2.93. The van der Waals surface area contributed by atoms with E-state index in [0.717, 1.165) is 45.9 Å². The molecule has 0 amide bonds. The molecular formula is C11H26N2O2. The highest BCUT2D eigenvalue weighted by Gasteiger charge is 1.93. The molecule has 0 N–H and O–H groups in total. The zero-order valence-electron chi connectivity index (χ0n) is 10.7. The van der Waals surface area contributed by atoms with Crippen LogP contribution < -0.4 is 0 Å². The molecule has 15 heavy (non-hydrogen) atoms. The highest BCUT2D eigenvalue weighted by molar-refractivity contribution is 4.42. The molecule has 0 aliphatic carbocycles. The topological polar surface area (TPSA) is 24.9 Å². The summed E-state index contributed by atoms with van der Waals surface area (Å²) in [7, 11) is 8.20. The number of hydrogen-bond acceptors (Lipinski definition) is 4. The molecule has 92 valence electrons. The summed E-state index contributed by atoms with van der Waals surface area (Å²) in [6.07, 6.45) is 0.987. The normalized spacial score (nSPS) is 11.6. The Bertz CT molecular complexity index is 116. The molecule has 0 spiro atoms. The first-order chi connectivity index (χ1) is 7.13. The van der Waals surface area contributed by atoms with Crippen LogP contribution in [0.25, 0.3) is 0 Å². The lowest BCUT2D eigenvalue weighted by molar-refractivity contribution is 0.0713. The van der Waals surface area contributed by atoms with Crippen LogP contribution in [-0.2, 0) is 9.47 Å². The van der Waals surface area contributed by atoms with Crippen LogP contribution in [0.4, 0.5) is 0 Å². The first-order valence-corrected chi connectivity index (χ1v) is 5.58. The van der Waals surface area contributed by atoms with Crippen molar-refractivity contribution in [3.8, 4) is 0 Å². The van der Waals surface area contributed by atoms with E-state index in [1.54, 1.807) is 0 Å². The lowest BCUT2D eigenvalue weighted by Crippen LogP contribution is -2.19. The van der Waals surface area contributed by atoms with E-state index in [1.807, 2.05) is 28.2 Å². The Kier molecular flexibility index (Phi) is 10.3. The van der Waals surface area contributed by atoms with Gasteiger partial charge in [-0.2, -0.15) is 0 Å². The predicted octanol–water partition coefficient (Wildman–Crippen LogP) is 0.533. The van der Waals surface area contributed by atoms with E-state index in [0.29, 0.717) is 0 Å². The maximum atomic E-state index is 5.44. The van der Waals surface area contributed by atoms with Crippen LogP contribution in [0.1, 0.15) is 6.42 Å². The first-order valence-electron chi connectivity index (χ1n) is 5.58. The van der Waals surface area contributed by atoms with Gasteiger partial charge in [0.05, 0.1) is 13.2 Å². The summed E-state index contributed by atoms with van der Waals surface area (Å²) in [5, 5.41) is 0. The maximum absolute atomic E-state index is 5.44. The molecule has 0 radical (unpaired) electrons. The molecule has 0 bridgehead atoms. The van der Waals surface area contributed by atoms with E-state index in [4.69, 9.17) is 9.47 Å². The minimum Gasteiger partial charge on any atom is -0.380 e. The van der Waals surface area contributed by atoms with E-state index in [-0.39, 0.29) is 0 Å². The molecular weight excluding hydrogens is 192 g/mol. The number of nitrogens with zero attached hydrogens (tertiary/aromatic N) is 2. The number of rotatable bonds is 10. The van der Waals surface area contributed by atoms with Crippen molar-refractivity contribution < 1.29 is 9.47 Å². The van der Waals surface area contributed by atoms with Gasteiger partial charge in [0.25, 0.3) is 0 Å². The van der Waals surface area contributed by atoms with Crippen molar-refractivity contribution in [2.24, 2.45) is 0 Å². The van der Waals surface area contributed by atoms with Gasteiger partial charge in [-0.25, -0.2) is 0 Å². The van der Waals surface area contributed by atoms with Crippen LogP contribution in [0.15, 0.2) is 0 Å². The molecule has 4 heteroatoms. The minimum absolute atomic E-state index is 0.801. The fourth-order valence-electron chi connectivity index (χ4n) is 0.961. The van der Waals surface area contributed by atoms with Crippen LogP contribution >= 0.6 is 0 Å². The summed E-state index contributed by atoms with van der Waals surface area (Å²) in [5.74, 6) is 0. The Morgan fingerprint density at radius 1 is 0.667 bits per heavy atom. The van der Waals surface area contributed by atoms with Gasteiger partial charge in [0.1, 0.15) is 0 Å². The SMILES string of the molecule is CN(C)CCOCCCOCCN(C)C. The summed E-state index contributed by atoms with van der Waals surface area (Å²) in [6, 6.07) is 0. The summed E-state index contributed by atoms with van der Waals surface area (Å²) in [4.78, 5) is 4.24. The quantitative estimate of drug-likeness (QED) is 0.500. The molecule has 0 aliphatic heterocycles. The second-order valence-electron chi connectivity index (χ2n) is 4.18. The van der Waals surface area contributed by atoms with Gasteiger partial charge in [0, 0.05) is 26.3 Å². The van der Waals surface area contributed by atoms with Crippen LogP contribution in [0.3, 0.4) is 0 Å². The van der Waals surface area contributed by atoms with Gasteiger partial charge in [0.2, 0.25) is 0 Å². The predicted molar refractivity (Wildman–Crippen MR) is 63.4 cm³/mol. The zero-order valence-corrected chi connectivity index (χ0v) is 10.7. The van der Waals surface area contributed by atoms with Crippen molar-refractivity contribution in [2.45, 2.75) is 6.42 Å². The van der Waals surface area contributed by atoms with Crippen molar-refractivity contribution in [3.63, 3.8) is 0 Å². The van der Waals surface area contributed by atoms with Crippen LogP contribution in [-0.4, -0.2) is 77.5 Å². The zero-order chi connectivity index (χ0) is 11.5. The summed E-state index contributed by atoms with van der Waals surface area (Å²) in [5.41, 5.74) is 0. The van der Waals surface area contributed by atoms with Gasteiger partial charge in [-0.3, -0.25) is 0 Å². The van der Waals surface area contributed by atoms with Gasteiger partial charge in [0.15, 0.2) is 0 Å². The highest BCUT2D eigenvalue weighted by Crippen LogP contribution is 1.87. The van der Waals surface area contributed by atoms with E-state index in [1.165, 1.54) is 0 Å². The maximum Gasteiger partial charge on any atom is 0.0593 e. The van der Waals surface area contributed by atoms with Gasteiger partial charge in [-0.1, -0.05) is 0 Å². The Morgan fingerprint density at radius 3 is 1.40 bits per heavy atom. The molecule has 0 fully saturated rings. The van der Waals surface area contributed by atoms with Crippen molar-refractivity contribution in [3.05, 3.63) is 0 Å². The Hall–Kier alpha value is -0.160. The Labute approximate surface area is 94.1 Å². The van der Waals surface area contributed by atoms with E-state index >= 15 is 0 Å². The fourth-order valence-corrected chi connectivity index (χ4v) is 0.961. The van der Waals surface area contributed by atoms with Crippen molar-refractivity contribution in [1.29, 1.82) is 0 Å². The molecule has 0 saturated carbocycles. The van der Waals surface area contributed by atoms with Gasteiger partial charge in [-0.05, 0) is 34.6 Å². The van der Waals surface area contributed by atoms with Gasteiger partial charge >= 0.3 is 0 Å². The molecule has 0 saturated heterocycles. The fraction of sp³-hybridized carbons (Fsp3) is 1.00. The standard InChI is InChI=1S/C11H26N2O2/c1-12(2)6-10-14-8-5-9-15-11-7-13(3)4/h5-11H2,1-4H3. The third-order valence-electron chi connectivity index (χ3n) is 1.94. The molecule has 0 heterocycles. The van der Waals surface area contributed by atoms with Gasteiger partial charge in [-0.15, -0.1) is 0 Å².